The van der Waals surface area contributed by atoms with Gasteiger partial charge in [0.25, 0.3) is 10.0 Å². The van der Waals surface area contributed by atoms with Crippen LogP contribution in [0.2, 0.25) is 4.34 Å². The van der Waals surface area contributed by atoms with Crippen molar-refractivity contribution in [3.63, 3.8) is 0 Å². The molecule has 2 atom stereocenters. The highest BCUT2D eigenvalue weighted by Crippen LogP contribution is 2.28. The van der Waals surface area contributed by atoms with E-state index in [0.29, 0.717) is 23.8 Å². The number of hydrogen-bond donors (Lipinski definition) is 1. The van der Waals surface area contributed by atoms with Gasteiger partial charge in [-0.2, -0.15) is 4.31 Å². The van der Waals surface area contributed by atoms with E-state index < -0.39 is 10.0 Å². The molecule has 0 aliphatic carbocycles. The highest BCUT2D eigenvalue weighted by atomic mass is 35.5. The van der Waals surface area contributed by atoms with Crippen LogP contribution in [-0.2, 0) is 19.6 Å². The number of sulfonamides is 1. The molecule has 2 rings (SSSR count). The smallest absolute Gasteiger partial charge is 0.252 e. The summed E-state index contributed by atoms with van der Waals surface area (Å²) in [6, 6.07) is 2.92. The normalized spacial score (nSPS) is 20.4. The number of likely N-dealkylation sites (tertiary alicyclic amines) is 1. The lowest BCUT2D eigenvalue weighted by Crippen LogP contribution is -2.52. The molecule has 0 bridgehead atoms. The Kier molecular flexibility index (Phi) is 8.30. The fourth-order valence-corrected chi connectivity index (χ4v) is 5.97. The molecule has 1 saturated heterocycles. The lowest BCUT2D eigenvalue weighted by Gasteiger charge is -2.38. The van der Waals surface area contributed by atoms with Gasteiger partial charge in [0.2, 0.25) is 11.8 Å². The number of nitrogens with one attached hydrogen (secondary N) is 1. The number of hydrogen-bond acceptors (Lipinski definition) is 5. The molecule has 2 amide bonds. The Hall–Kier alpha value is -1.16. The zero-order valence-electron chi connectivity index (χ0n) is 16.5. The molecule has 10 heteroatoms. The maximum absolute atomic E-state index is 12.8. The number of amides is 2. The molecule has 1 aromatic heterocycles. The number of carbonyl (C=O) groups is 2. The molecule has 2 heterocycles. The number of nitrogens with zero attached hydrogens (tertiary/aromatic N) is 2. The minimum Gasteiger partial charge on any atom is -0.356 e. The van der Waals surface area contributed by atoms with E-state index in [0.717, 1.165) is 34.9 Å². The summed E-state index contributed by atoms with van der Waals surface area (Å²) in [6.45, 7) is 4.67. The van der Waals surface area contributed by atoms with Crippen molar-refractivity contribution in [2.24, 2.45) is 5.92 Å². The fourth-order valence-electron chi connectivity index (χ4n) is 3.16. The van der Waals surface area contributed by atoms with Crippen LogP contribution in [0.4, 0.5) is 0 Å². The molecule has 1 N–H and O–H groups in total. The molecule has 158 valence electrons. The van der Waals surface area contributed by atoms with Gasteiger partial charge in [0.15, 0.2) is 0 Å². The fraction of sp³-hybridized carbons (Fsp3) is 0.667. The van der Waals surface area contributed by atoms with E-state index in [1.54, 1.807) is 4.90 Å². The van der Waals surface area contributed by atoms with Gasteiger partial charge in [-0.15, -0.1) is 11.3 Å². The third-order valence-corrected chi connectivity index (χ3v) is 8.48. The summed E-state index contributed by atoms with van der Waals surface area (Å²) in [4.78, 5) is 26.8. The van der Waals surface area contributed by atoms with Gasteiger partial charge >= 0.3 is 0 Å². The van der Waals surface area contributed by atoms with Crippen LogP contribution in [0.3, 0.4) is 0 Å². The van der Waals surface area contributed by atoms with Crippen LogP contribution in [0.1, 0.15) is 39.5 Å². The predicted molar refractivity (Wildman–Crippen MR) is 111 cm³/mol. The Morgan fingerprint density at radius 3 is 2.68 bits per heavy atom. The van der Waals surface area contributed by atoms with Crippen LogP contribution < -0.4 is 5.32 Å². The maximum atomic E-state index is 12.8. The number of carbonyl (C=O) groups excluding carboxylic acids is 2. The number of unbranched alkanes of at least 4 members (excludes halogenated alkanes) is 1. The van der Waals surface area contributed by atoms with Gasteiger partial charge in [0.05, 0.1) is 16.8 Å². The summed E-state index contributed by atoms with van der Waals surface area (Å²) in [5.74, 6) is -0.588. The number of halogens is 1. The first-order valence-electron chi connectivity index (χ1n) is 9.45. The molecule has 7 nitrogen and oxygen atoms in total. The zero-order chi connectivity index (χ0) is 20.9. The first-order valence-corrected chi connectivity index (χ1v) is 12.1. The minimum absolute atomic E-state index is 0.0283. The number of thiophene rings is 1. The first-order chi connectivity index (χ1) is 13.2. The topological polar surface area (TPSA) is 86.8 Å². The average Bonchev–Trinajstić information content (AvgIpc) is 3.09. The highest BCUT2D eigenvalue weighted by Gasteiger charge is 2.34. The Balaban J connectivity index is 2.00. The summed E-state index contributed by atoms with van der Waals surface area (Å²) in [6.07, 6.45) is 3.37. The lowest BCUT2D eigenvalue weighted by molar-refractivity contribution is -0.138. The monoisotopic (exact) mass is 449 g/mol. The van der Waals surface area contributed by atoms with Crippen molar-refractivity contribution in [2.45, 2.75) is 49.8 Å². The minimum atomic E-state index is -3.77. The second-order valence-corrected chi connectivity index (χ2v) is 11.1. The number of rotatable bonds is 8. The van der Waals surface area contributed by atoms with E-state index >= 15 is 0 Å². The molecule has 0 spiro atoms. The van der Waals surface area contributed by atoms with Crippen LogP contribution in [0.5, 0.6) is 0 Å². The molecular weight excluding hydrogens is 422 g/mol. The Morgan fingerprint density at radius 2 is 2.07 bits per heavy atom. The molecular formula is C18H28ClN3O4S2. The summed E-state index contributed by atoms with van der Waals surface area (Å²) < 4.78 is 26.7. The number of likely N-dealkylation sites (N-methyl/N-ethyl adjacent to an activating group) is 1. The van der Waals surface area contributed by atoms with E-state index in [-0.39, 0.29) is 34.5 Å². The van der Waals surface area contributed by atoms with E-state index in [1.165, 1.54) is 19.2 Å². The Bertz CT molecular complexity index is 797. The predicted octanol–water partition coefficient (Wildman–Crippen LogP) is 2.57. The van der Waals surface area contributed by atoms with Crippen molar-refractivity contribution in [2.75, 3.05) is 26.7 Å². The summed E-state index contributed by atoms with van der Waals surface area (Å²) >= 11 is 6.79. The van der Waals surface area contributed by atoms with Crippen molar-refractivity contribution >= 4 is 44.8 Å². The molecule has 1 aliphatic rings. The maximum Gasteiger partial charge on any atom is 0.252 e. The molecule has 1 aliphatic heterocycles. The molecule has 0 radical (unpaired) electrons. The second kappa shape index (κ2) is 10.0. The van der Waals surface area contributed by atoms with Gasteiger partial charge in [-0.1, -0.05) is 24.9 Å². The van der Waals surface area contributed by atoms with E-state index in [9.17, 15) is 18.0 Å². The standard InChI is InChI=1S/C18H28ClN3O4S2/c1-4-5-10-20-18(24)14-7-6-13(2)22(11-14)16(23)12-21(3)28(25,26)17-9-8-15(19)27-17/h8-9,13-14H,4-7,10-12H2,1-3H3,(H,20,24). The Labute approximate surface area is 176 Å². The van der Waals surface area contributed by atoms with Gasteiger partial charge in [-0.3, -0.25) is 9.59 Å². The number of piperidine rings is 1. The third kappa shape index (κ3) is 5.68. The lowest BCUT2D eigenvalue weighted by atomic mass is 9.92. The highest BCUT2D eigenvalue weighted by molar-refractivity contribution is 7.91. The SMILES string of the molecule is CCCCNC(=O)C1CCC(C)N(C(=O)CN(C)S(=O)(=O)c2ccc(Cl)s2)C1. The summed E-state index contributed by atoms with van der Waals surface area (Å²) in [5, 5.41) is 2.92. The average molecular weight is 450 g/mol. The van der Waals surface area contributed by atoms with Crippen molar-refractivity contribution in [3.05, 3.63) is 16.5 Å². The quantitative estimate of drug-likeness (QED) is 0.618. The van der Waals surface area contributed by atoms with Crippen molar-refractivity contribution in [1.82, 2.24) is 14.5 Å². The van der Waals surface area contributed by atoms with Crippen LogP contribution in [0.15, 0.2) is 16.3 Å². The summed E-state index contributed by atoms with van der Waals surface area (Å²) in [5.41, 5.74) is 0. The van der Waals surface area contributed by atoms with Crippen LogP contribution >= 0.6 is 22.9 Å². The first kappa shape index (κ1) is 23.1. The molecule has 1 fully saturated rings. The summed E-state index contributed by atoms with van der Waals surface area (Å²) in [7, 11) is -2.39. The second-order valence-electron chi connectivity index (χ2n) is 7.13. The molecule has 2 unspecified atom stereocenters. The van der Waals surface area contributed by atoms with E-state index in [2.05, 4.69) is 12.2 Å². The van der Waals surface area contributed by atoms with E-state index in [4.69, 9.17) is 11.6 Å². The molecule has 0 aromatic carbocycles. The van der Waals surface area contributed by atoms with Crippen molar-refractivity contribution < 1.29 is 18.0 Å². The third-order valence-electron chi connectivity index (χ3n) is 4.97. The van der Waals surface area contributed by atoms with Gasteiger partial charge in [-0.05, 0) is 38.3 Å². The van der Waals surface area contributed by atoms with Gasteiger partial charge < -0.3 is 10.2 Å². The largest absolute Gasteiger partial charge is 0.356 e. The van der Waals surface area contributed by atoms with Crippen LogP contribution in [0.25, 0.3) is 0 Å². The van der Waals surface area contributed by atoms with Crippen molar-refractivity contribution in [3.8, 4) is 0 Å². The van der Waals surface area contributed by atoms with Crippen LogP contribution in [-0.4, -0.2) is 62.2 Å². The zero-order valence-corrected chi connectivity index (χ0v) is 18.9. The van der Waals surface area contributed by atoms with Crippen molar-refractivity contribution in [1.29, 1.82) is 0 Å². The molecule has 0 saturated carbocycles. The van der Waals surface area contributed by atoms with E-state index in [1.807, 2.05) is 6.92 Å². The van der Waals surface area contributed by atoms with Gasteiger partial charge in [0.1, 0.15) is 4.21 Å². The van der Waals surface area contributed by atoms with Gasteiger partial charge in [-0.25, -0.2) is 8.42 Å². The Morgan fingerprint density at radius 1 is 1.36 bits per heavy atom. The molecule has 28 heavy (non-hydrogen) atoms. The van der Waals surface area contributed by atoms with Gasteiger partial charge in [0, 0.05) is 26.2 Å². The molecule has 1 aromatic rings. The van der Waals surface area contributed by atoms with Crippen LogP contribution in [0, 0.1) is 5.92 Å².